The summed E-state index contributed by atoms with van der Waals surface area (Å²) in [5, 5.41) is 30.1. The first kappa shape index (κ1) is 14.9. The summed E-state index contributed by atoms with van der Waals surface area (Å²) in [6.07, 6.45) is 0.340. The fourth-order valence-corrected chi connectivity index (χ4v) is 1.42. The molecule has 1 aromatic rings. The number of aliphatic carboxylic acids is 1. The van der Waals surface area contributed by atoms with E-state index in [1.807, 2.05) is 6.92 Å². The number of aryl methyl sites for hydroxylation is 1. The van der Waals surface area contributed by atoms with E-state index in [0.717, 1.165) is 0 Å². The molecule has 0 saturated carbocycles. The molecule has 0 bridgehead atoms. The maximum absolute atomic E-state index is 11.5. The van der Waals surface area contributed by atoms with Gasteiger partial charge in [0.25, 0.3) is 0 Å². The van der Waals surface area contributed by atoms with Gasteiger partial charge < -0.3 is 25.4 Å². The van der Waals surface area contributed by atoms with Crippen LogP contribution in [-0.4, -0.2) is 49.1 Å². The molecule has 0 radical (unpaired) electrons. The van der Waals surface area contributed by atoms with Crippen LogP contribution in [0.3, 0.4) is 0 Å². The third-order valence-corrected chi connectivity index (χ3v) is 2.48. The topological polar surface area (TPSA) is 129 Å². The van der Waals surface area contributed by atoms with Crippen molar-refractivity contribution in [2.24, 2.45) is 0 Å². The van der Waals surface area contributed by atoms with Crippen molar-refractivity contribution in [1.82, 2.24) is 25.4 Å². The van der Waals surface area contributed by atoms with Gasteiger partial charge in [0.15, 0.2) is 11.9 Å². The lowest BCUT2D eigenvalue weighted by Crippen LogP contribution is -2.51. The van der Waals surface area contributed by atoms with E-state index in [-0.39, 0.29) is 6.54 Å². The van der Waals surface area contributed by atoms with Crippen LogP contribution in [0.4, 0.5) is 4.79 Å². The molecule has 0 unspecified atom stereocenters. The monoisotopic (exact) mass is 271 g/mol. The number of amides is 2. The molecule has 1 aromatic heterocycles. The van der Waals surface area contributed by atoms with E-state index in [2.05, 4.69) is 20.8 Å². The van der Waals surface area contributed by atoms with E-state index in [1.54, 1.807) is 4.57 Å². The second-order valence-electron chi connectivity index (χ2n) is 3.92. The van der Waals surface area contributed by atoms with Crippen LogP contribution >= 0.6 is 0 Å². The van der Waals surface area contributed by atoms with Crippen LogP contribution < -0.4 is 10.6 Å². The van der Waals surface area contributed by atoms with E-state index in [9.17, 15) is 14.7 Å². The second-order valence-corrected chi connectivity index (χ2v) is 3.92. The van der Waals surface area contributed by atoms with Crippen LogP contribution in [0.25, 0.3) is 0 Å². The molecule has 9 nitrogen and oxygen atoms in total. The predicted molar refractivity (Wildman–Crippen MR) is 64.2 cm³/mol. The first-order valence-corrected chi connectivity index (χ1v) is 5.77. The Morgan fingerprint density at radius 2 is 2.21 bits per heavy atom. The van der Waals surface area contributed by atoms with Gasteiger partial charge >= 0.3 is 12.0 Å². The minimum Gasteiger partial charge on any atom is -0.480 e. The highest BCUT2D eigenvalue weighted by Gasteiger charge is 2.24. The SMILES string of the molecule is CCn1cnnc1CNC(=O)N[C@H](C(=O)O)[C@@H](C)O. The molecule has 0 aromatic carbocycles. The number of nitrogens with one attached hydrogen (secondary N) is 2. The number of aliphatic hydroxyl groups is 1. The molecule has 2 atom stereocenters. The lowest BCUT2D eigenvalue weighted by Gasteiger charge is -2.17. The Labute approximate surface area is 109 Å². The summed E-state index contributed by atoms with van der Waals surface area (Å²) >= 11 is 0. The zero-order chi connectivity index (χ0) is 14.4. The van der Waals surface area contributed by atoms with Gasteiger partial charge in [0.05, 0.1) is 12.6 Å². The van der Waals surface area contributed by atoms with Gasteiger partial charge in [-0.05, 0) is 13.8 Å². The fraction of sp³-hybridized carbons (Fsp3) is 0.600. The maximum Gasteiger partial charge on any atom is 0.328 e. The summed E-state index contributed by atoms with van der Waals surface area (Å²) in [5.41, 5.74) is 0. The molecule has 0 saturated heterocycles. The van der Waals surface area contributed by atoms with E-state index in [4.69, 9.17) is 5.11 Å². The number of carbonyl (C=O) groups is 2. The van der Waals surface area contributed by atoms with Crippen LogP contribution in [0.2, 0.25) is 0 Å². The van der Waals surface area contributed by atoms with Crippen LogP contribution in [0.1, 0.15) is 19.7 Å². The number of carboxylic acid groups (broad SMARTS) is 1. The predicted octanol–water partition coefficient (Wildman–Crippen LogP) is -1.07. The number of aliphatic hydroxyl groups excluding tert-OH is 1. The van der Waals surface area contributed by atoms with Crippen molar-refractivity contribution in [1.29, 1.82) is 0 Å². The molecule has 0 aliphatic heterocycles. The van der Waals surface area contributed by atoms with E-state index < -0.39 is 24.1 Å². The van der Waals surface area contributed by atoms with Gasteiger partial charge in [-0.1, -0.05) is 0 Å². The van der Waals surface area contributed by atoms with Crippen molar-refractivity contribution in [3.63, 3.8) is 0 Å². The lowest BCUT2D eigenvalue weighted by atomic mass is 10.2. The maximum atomic E-state index is 11.5. The van der Waals surface area contributed by atoms with Crippen molar-refractivity contribution in [2.75, 3.05) is 0 Å². The van der Waals surface area contributed by atoms with Crippen LogP contribution in [-0.2, 0) is 17.9 Å². The summed E-state index contributed by atoms with van der Waals surface area (Å²) in [6.45, 7) is 3.97. The van der Waals surface area contributed by atoms with Gasteiger partial charge in [0.2, 0.25) is 0 Å². The molecule has 4 N–H and O–H groups in total. The average molecular weight is 271 g/mol. The van der Waals surface area contributed by atoms with Crippen molar-refractivity contribution in [2.45, 2.75) is 39.1 Å². The third kappa shape index (κ3) is 4.21. The molecule has 1 rings (SSSR count). The van der Waals surface area contributed by atoms with Crippen molar-refractivity contribution in [3.8, 4) is 0 Å². The molecule has 106 valence electrons. The van der Waals surface area contributed by atoms with E-state index in [0.29, 0.717) is 12.4 Å². The zero-order valence-corrected chi connectivity index (χ0v) is 10.7. The first-order valence-electron chi connectivity index (χ1n) is 5.77. The van der Waals surface area contributed by atoms with Crippen LogP contribution in [0, 0.1) is 0 Å². The van der Waals surface area contributed by atoms with Crippen LogP contribution in [0.5, 0.6) is 0 Å². The lowest BCUT2D eigenvalue weighted by molar-refractivity contribution is -0.141. The van der Waals surface area contributed by atoms with Gasteiger partial charge in [0.1, 0.15) is 6.33 Å². The molecular formula is C10H17N5O4. The minimum absolute atomic E-state index is 0.117. The van der Waals surface area contributed by atoms with Crippen molar-refractivity contribution in [3.05, 3.63) is 12.2 Å². The van der Waals surface area contributed by atoms with Crippen molar-refractivity contribution >= 4 is 12.0 Å². The highest BCUT2D eigenvalue weighted by Crippen LogP contribution is 1.95. The Bertz CT molecular complexity index is 445. The Morgan fingerprint density at radius 3 is 2.74 bits per heavy atom. The Kier molecular flexibility index (Phi) is 5.24. The molecule has 1 heterocycles. The highest BCUT2D eigenvalue weighted by atomic mass is 16.4. The van der Waals surface area contributed by atoms with Gasteiger partial charge in [-0.25, -0.2) is 9.59 Å². The Hall–Kier alpha value is -2.16. The number of rotatable bonds is 6. The minimum atomic E-state index is -1.36. The molecule has 0 aliphatic carbocycles. The summed E-state index contributed by atoms with van der Waals surface area (Å²) in [6, 6.07) is -2.05. The number of urea groups is 1. The summed E-state index contributed by atoms with van der Waals surface area (Å²) < 4.78 is 1.74. The van der Waals surface area contributed by atoms with Gasteiger partial charge in [-0.15, -0.1) is 10.2 Å². The molecule has 2 amide bonds. The molecule has 0 fully saturated rings. The molecular weight excluding hydrogens is 254 g/mol. The molecule has 0 spiro atoms. The quantitative estimate of drug-likeness (QED) is 0.521. The molecule has 0 aliphatic rings. The summed E-state index contributed by atoms with van der Waals surface area (Å²) in [4.78, 5) is 22.3. The normalized spacial score (nSPS) is 13.6. The number of carboxylic acids is 1. The van der Waals surface area contributed by atoms with Crippen molar-refractivity contribution < 1.29 is 19.8 Å². The average Bonchev–Trinajstić information content (AvgIpc) is 2.79. The Morgan fingerprint density at radius 1 is 1.53 bits per heavy atom. The number of carbonyl (C=O) groups excluding carboxylic acids is 1. The van der Waals surface area contributed by atoms with Gasteiger partial charge in [-0.3, -0.25) is 0 Å². The van der Waals surface area contributed by atoms with Gasteiger partial charge in [-0.2, -0.15) is 0 Å². The fourth-order valence-electron chi connectivity index (χ4n) is 1.42. The second kappa shape index (κ2) is 6.69. The Balaban J connectivity index is 2.49. The summed E-state index contributed by atoms with van der Waals surface area (Å²) in [7, 11) is 0. The van der Waals surface area contributed by atoms with E-state index >= 15 is 0 Å². The van der Waals surface area contributed by atoms with E-state index in [1.165, 1.54) is 13.3 Å². The van der Waals surface area contributed by atoms with Crippen LogP contribution in [0.15, 0.2) is 6.33 Å². The number of aromatic nitrogens is 3. The standard InChI is InChI=1S/C10H17N5O4/c1-3-15-5-12-14-7(15)4-11-10(19)13-8(6(2)16)9(17)18/h5-6,8,16H,3-4H2,1-2H3,(H,17,18)(H2,11,13,19)/t6-,8+/m1/s1. The van der Waals surface area contributed by atoms with Gasteiger partial charge in [0, 0.05) is 6.54 Å². The first-order chi connectivity index (χ1) is 8.95. The summed E-state index contributed by atoms with van der Waals surface area (Å²) in [5.74, 6) is -0.747. The highest BCUT2D eigenvalue weighted by molar-refractivity contribution is 5.82. The molecule has 19 heavy (non-hydrogen) atoms. The number of hydrogen-bond donors (Lipinski definition) is 4. The largest absolute Gasteiger partial charge is 0.480 e. The number of nitrogens with zero attached hydrogens (tertiary/aromatic N) is 3. The third-order valence-electron chi connectivity index (χ3n) is 2.48. The smallest absolute Gasteiger partial charge is 0.328 e. The molecule has 9 heteroatoms. The zero-order valence-electron chi connectivity index (χ0n) is 10.7. The number of hydrogen-bond acceptors (Lipinski definition) is 5.